The van der Waals surface area contributed by atoms with Crippen LogP contribution < -0.4 is 15.4 Å². The highest BCUT2D eigenvalue weighted by Gasteiger charge is 2.26. The van der Waals surface area contributed by atoms with Crippen molar-refractivity contribution < 1.29 is 17.9 Å². The molecule has 1 rings (SSSR count). The van der Waals surface area contributed by atoms with Crippen LogP contribution >= 0.6 is 0 Å². The molecule has 0 heterocycles. The number of para-hydroxylation sites is 1. The number of hydrogen-bond acceptors (Lipinski definition) is 2. The second-order valence-corrected chi connectivity index (χ2v) is 4.94. The van der Waals surface area contributed by atoms with Gasteiger partial charge in [0.2, 0.25) is 0 Å². The Hall–Kier alpha value is -1.92. The molecule has 0 saturated carbocycles. The van der Waals surface area contributed by atoms with Crippen LogP contribution in [0.1, 0.15) is 18.9 Å². The largest absolute Gasteiger partial charge is 0.489 e. The highest BCUT2D eigenvalue weighted by Crippen LogP contribution is 2.18. The maximum absolute atomic E-state index is 12.1. The SMILES string of the molecule is CN=C(NCCC(F)(F)F)NCC(C)Oc1ccccc1C. The van der Waals surface area contributed by atoms with Gasteiger partial charge in [0, 0.05) is 13.6 Å². The molecule has 2 N–H and O–H groups in total. The van der Waals surface area contributed by atoms with E-state index in [1.807, 2.05) is 38.1 Å². The monoisotopic (exact) mass is 317 g/mol. The molecular formula is C15H22F3N3O. The van der Waals surface area contributed by atoms with Gasteiger partial charge in [-0.1, -0.05) is 18.2 Å². The van der Waals surface area contributed by atoms with Gasteiger partial charge in [-0.15, -0.1) is 0 Å². The maximum atomic E-state index is 12.1. The summed E-state index contributed by atoms with van der Waals surface area (Å²) in [6, 6.07) is 7.65. The molecule has 1 aromatic carbocycles. The Balaban J connectivity index is 2.35. The van der Waals surface area contributed by atoms with Crippen LogP contribution in [0, 0.1) is 6.92 Å². The summed E-state index contributed by atoms with van der Waals surface area (Å²) in [6.45, 7) is 4.05. The number of aliphatic imine (C=N–C) groups is 1. The summed E-state index contributed by atoms with van der Waals surface area (Å²) in [5.74, 6) is 1.11. The summed E-state index contributed by atoms with van der Waals surface area (Å²) in [5.41, 5.74) is 1.03. The number of ether oxygens (including phenoxy) is 1. The van der Waals surface area contributed by atoms with Crippen molar-refractivity contribution in [3.8, 4) is 5.75 Å². The van der Waals surface area contributed by atoms with Gasteiger partial charge < -0.3 is 15.4 Å². The van der Waals surface area contributed by atoms with Gasteiger partial charge in [0.25, 0.3) is 0 Å². The lowest BCUT2D eigenvalue weighted by atomic mass is 10.2. The third kappa shape index (κ3) is 7.19. The van der Waals surface area contributed by atoms with Crippen molar-refractivity contribution in [1.29, 1.82) is 0 Å². The maximum Gasteiger partial charge on any atom is 0.390 e. The van der Waals surface area contributed by atoms with Gasteiger partial charge in [-0.05, 0) is 25.5 Å². The fourth-order valence-corrected chi connectivity index (χ4v) is 1.73. The molecule has 0 saturated heterocycles. The van der Waals surface area contributed by atoms with Gasteiger partial charge in [-0.25, -0.2) is 0 Å². The molecule has 1 aromatic rings. The first-order chi connectivity index (χ1) is 10.3. The van der Waals surface area contributed by atoms with E-state index in [1.54, 1.807) is 0 Å². The minimum absolute atomic E-state index is 0.151. The Morgan fingerprint density at radius 1 is 1.27 bits per heavy atom. The number of nitrogens with one attached hydrogen (secondary N) is 2. The average molecular weight is 317 g/mol. The van der Waals surface area contributed by atoms with Crippen LogP contribution in [0.5, 0.6) is 5.75 Å². The van der Waals surface area contributed by atoms with Crippen molar-refractivity contribution >= 4 is 5.96 Å². The third-order valence-corrected chi connectivity index (χ3v) is 2.90. The van der Waals surface area contributed by atoms with Crippen LogP contribution in [0.4, 0.5) is 13.2 Å². The third-order valence-electron chi connectivity index (χ3n) is 2.90. The van der Waals surface area contributed by atoms with Crippen LogP contribution in [0.3, 0.4) is 0 Å². The normalized spacial score (nSPS) is 13.6. The first-order valence-electron chi connectivity index (χ1n) is 7.05. The Morgan fingerprint density at radius 3 is 2.55 bits per heavy atom. The zero-order valence-corrected chi connectivity index (χ0v) is 13.0. The molecule has 22 heavy (non-hydrogen) atoms. The Kier molecular flexibility index (Phi) is 7.01. The van der Waals surface area contributed by atoms with Crippen molar-refractivity contribution in [2.75, 3.05) is 20.1 Å². The molecule has 4 nitrogen and oxygen atoms in total. The van der Waals surface area contributed by atoms with E-state index >= 15 is 0 Å². The molecule has 1 unspecified atom stereocenters. The molecule has 0 fully saturated rings. The molecule has 0 bridgehead atoms. The molecular weight excluding hydrogens is 295 g/mol. The Labute approximate surface area is 128 Å². The number of rotatable bonds is 6. The van der Waals surface area contributed by atoms with Crippen molar-refractivity contribution in [1.82, 2.24) is 10.6 Å². The number of benzene rings is 1. The highest BCUT2D eigenvalue weighted by atomic mass is 19.4. The molecule has 7 heteroatoms. The number of aryl methyl sites for hydroxylation is 1. The molecule has 0 aliphatic carbocycles. The molecule has 0 aromatic heterocycles. The van der Waals surface area contributed by atoms with Gasteiger partial charge in [0.1, 0.15) is 11.9 Å². The van der Waals surface area contributed by atoms with E-state index in [0.717, 1.165) is 11.3 Å². The fraction of sp³-hybridized carbons (Fsp3) is 0.533. The van der Waals surface area contributed by atoms with Crippen molar-refractivity contribution in [3.63, 3.8) is 0 Å². The van der Waals surface area contributed by atoms with E-state index < -0.39 is 12.6 Å². The van der Waals surface area contributed by atoms with Crippen molar-refractivity contribution in [2.24, 2.45) is 4.99 Å². The van der Waals surface area contributed by atoms with E-state index in [0.29, 0.717) is 12.5 Å². The molecule has 0 aliphatic rings. The first-order valence-corrected chi connectivity index (χ1v) is 7.05. The van der Waals surface area contributed by atoms with Crippen LogP contribution in [0.15, 0.2) is 29.3 Å². The predicted octanol–water partition coefficient (Wildman–Crippen LogP) is 2.88. The van der Waals surface area contributed by atoms with Crippen LogP contribution in [0.25, 0.3) is 0 Å². The molecule has 0 aliphatic heterocycles. The summed E-state index contributed by atoms with van der Waals surface area (Å²) in [4.78, 5) is 3.88. The minimum atomic E-state index is -4.17. The van der Waals surface area contributed by atoms with Crippen LogP contribution in [-0.2, 0) is 0 Å². The average Bonchev–Trinajstić information content (AvgIpc) is 2.44. The highest BCUT2D eigenvalue weighted by molar-refractivity contribution is 5.79. The van der Waals surface area contributed by atoms with E-state index in [1.165, 1.54) is 7.05 Å². The molecule has 0 spiro atoms. The smallest absolute Gasteiger partial charge is 0.390 e. The second-order valence-electron chi connectivity index (χ2n) is 4.94. The summed E-state index contributed by atoms with van der Waals surface area (Å²) < 4.78 is 42.0. The predicted molar refractivity (Wildman–Crippen MR) is 81.3 cm³/mol. The van der Waals surface area contributed by atoms with Gasteiger partial charge in [0.15, 0.2) is 5.96 Å². The van der Waals surface area contributed by atoms with Crippen LogP contribution in [0.2, 0.25) is 0 Å². The van der Waals surface area contributed by atoms with Gasteiger partial charge in [-0.2, -0.15) is 13.2 Å². The number of halogens is 3. The molecule has 0 amide bonds. The fourth-order valence-electron chi connectivity index (χ4n) is 1.73. The van der Waals surface area contributed by atoms with Crippen molar-refractivity contribution in [2.45, 2.75) is 32.5 Å². The lowest BCUT2D eigenvalue weighted by Crippen LogP contribution is -2.42. The number of alkyl halides is 3. The second kappa shape index (κ2) is 8.51. The summed E-state index contributed by atoms with van der Waals surface area (Å²) >= 11 is 0. The van der Waals surface area contributed by atoms with E-state index in [4.69, 9.17) is 4.74 Å². The molecule has 0 radical (unpaired) electrons. The topological polar surface area (TPSA) is 45.7 Å². The first kappa shape index (κ1) is 18.1. The Bertz CT molecular complexity index is 489. The van der Waals surface area contributed by atoms with Gasteiger partial charge in [0.05, 0.1) is 13.0 Å². The Morgan fingerprint density at radius 2 is 1.95 bits per heavy atom. The van der Waals surface area contributed by atoms with E-state index in [-0.39, 0.29) is 12.6 Å². The molecule has 124 valence electrons. The van der Waals surface area contributed by atoms with Gasteiger partial charge >= 0.3 is 6.18 Å². The standard InChI is InChI=1S/C15H22F3N3O/c1-11-6-4-5-7-13(11)22-12(2)10-21-14(19-3)20-9-8-15(16,17)18/h4-7,12H,8-10H2,1-3H3,(H2,19,20,21). The molecule has 1 atom stereocenters. The zero-order chi connectivity index (χ0) is 16.6. The van der Waals surface area contributed by atoms with Crippen molar-refractivity contribution in [3.05, 3.63) is 29.8 Å². The van der Waals surface area contributed by atoms with E-state index in [9.17, 15) is 13.2 Å². The summed E-state index contributed by atoms with van der Waals surface area (Å²) in [5, 5.41) is 5.56. The number of guanidine groups is 1. The van der Waals surface area contributed by atoms with E-state index in [2.05, 4.69) is 15.6 Å². The zero-order valence-electron chi connectivity index (χ0n) is 13.0. The summed E-state index contributed by atoms with van der Waals surface area (Å²) in [7, 11) is 1.51. The quantitative estimate of drug-likeness (QED) is 0.626. The summed E-state index contributed by atoms with van der Waals surface area (Å²) in [6.07, 6.45) is -5.22. The number of hydrogen-bond donors (Lipinski definition) is 2. The van der Waals surface area contributed by atoms with Crippen LogP contribution in [-0.4, -0.2) is 38.4 Å². The number of nitrogens with zero attached hydrogens (tertiary/aromatic N) is 1. The lowest BCUT2D eigenvalue weighted by Gasteiger charge is -2.19. The lowest BCUT2D eigenvalue weighted by molar-refractivity contribution is -0.132. The minimum Gasteiger partial charge on any atom is -0.489 e. The van der Waals surface area contributed by atoms with Gasteiger partial charge in [-0.3, -0.25) is 4.99 Å².